The standard InChI is InChI=1S/C47H41N3/c1-4-15-32(16-5-1)35-30-41(33-17-6-2-7-18-33)48-46(31-35)50-42-24-12-10-21-38(42)40-29-34(27-28-44(40)50)37-23-14-26-45-47(37)39-22-11-13-25-43(39)49(45)36-19-8-3-9-20-36/h2,4,6-8,10-12,15-24,27-31,41,48H,1,3,5,9,13-14,25-26H2. The molecule has 0 fully saturated rings. The number of nitrogens with one attached hydrogen (secondary N) is 1. The van der Waals surface area contributed by atoms with Crippen molar-refractivity contribution in [2.75, 3.05) is 0 Å². The number of hydrogen-bond acceptors (Lipinski definition) is 1. The van der Waals surface area contributed by atoms with Crippen molar-refractivity contribution in [3.63, 3.8) is 0 Å². The molecule has 5 aromatic rings. The van der Waals surface area contributed by atoms with Crippen molar-refractivity contribution in [1.29, 1.82) is 0 Å². The van der Waals surface area contributed by atoms with E-state index in [1.807, 2.05) is 0 Å². The number of dihydropyridines is 1. The zero-order chi connectivity index (χ0) is 33.0. The molecule has 0 bridgehead atoms. The van der Waals surface area contributed by atoms with Gasteiger partial charge in [0.05, 0.1) is 17.1 Å². The molecule has 50 heavy (non-hydrogen) atoms. The first-order valence-electron chi connectivity index (χ1n) is 18.5. The second kappa shape index (κ2) is 12.1. The molecule has 10 rings (SSSR count). The van der Waals surface area contributed by atoms with E-state index in [2.05, 4.69) is 154 Å². The van der Waals surface area contributed by atoms with Gasteiger partial charge in [0.15, 0.2) is 0 Å². The molecule has 1 atom stereocenters. The molecule has 0 spiro atoms. The average molecular weight is 648 g/mol. The van der Waals surface area contributed by atoms with Gasteiger partial charge in [-0.1, -0.05) is 103 Å². The lowest BCUT2D eigenvalue weighted by Crippen LogP contribution is -2.25. The smallest absolute Gasteiger partial charge is 0.112 e. The number of benzene rings is 3. The van der Waals surface area contributed by atoms with Crippen LogP contribution in [0, 0.1) is 0 Å². The Morgan fingerprint density at radius 3 is 2.26 bits per heavy atom. The second-order valence-electron chi connectivity index (χ2n) is 14.1. The van der Waals surface area contributed by atoms with Crippen LogP contribution in [0.4, 0.5) is 0 Å². The molecule has 3 heterocycles. The van der Waals surface area contributed by atoms with E-state index < -0.39 is 0 Å². The van der Waals surface area contributed by atoms with Gasteiger partial charge in [-0.3, -0.25) is 4.57 Å². The molecule has 244 valence electrons. The highest BCUT2D eigenvalue weighted by Crippen LogP contribution is 2.44. The number of nitrogens with zero attached hydrogens (tertiary/aromatic N) is 2. The molecule has 3 aromatic carbocycles. The van der Waals surface area contributed by atoms with Gasteiger partial charge < -0.3 is 9.88 Å². The minimum absolute atomic E-state index is 0.0705. The Morgan fingerprint density at radius 1 is 0.600 bits per heavy atom. The molecular formula is C47H41N3. The molecule has 1 N–H and O–H groups in total. The summed E-state index contributed by atoms with van der Waals surface area (Å²) in [4.78, 5) is 0. The van der Waals surface area contributed by atoms with Gasteiger partial charge in [-0.15, -0.1) is 0 Å². The molecule has 0 radical (unpaired) electrons. The van der Waals surface area contributed by atoms with Gasteiger partial charge in [-0.25, -0.2) is 0 Å². The Bertz CT molecular complexity index is 2440. The third-order valence-electron chi connectivity index (χ3n) is 11.1. The van der Waals surface area contributed by atoms with Gasteiger partial charge in [0.2, 0.25) is 0 Å². The Balaban J connectivity index is 1.13. The average Bonchev–Trinajstić information content (AvgIpc) is 3.71. The van der Waals surface area contributed by atoms with E-state index >= 15 is 0 Å². The summed E-state index contributed by atoms with van der Waals surface area (Å²) >= 11 is 0. The van der Waals surface area contributed by atoms with Gasteiger partial charge >= 0.3 is 0 Å². The van der Waals surface area contributed by atoms with Crippen molar-refractivity contribution >= 4 is 45.0 Å². The number of para-hydroxylation sites is 1. The van der Waals surface area contributed by atoms with Gasteiger partial charge in [0.25, 0.3) is 0 Å². The fraction of sp³-hybridized carbons (Fsp3) is 0.191. The van der Waals surface area contributed by atoms with Gasteiger partial charge in [-0.2, -0.15) is 0 Å². The van der Waals surface area contributed by atoms with Crippen LogP contribution in [0.2, 0.25) is 0 Å². The first kappa shape index (κ1) is 29.4. The Labute approximate surface area is 294 Å². The highest BCUT2D eigenvalue weighted by atomic mass is 15.2. The lowest BCUT2D eigenvalue weighted by atomic mass is 9.86. The van der Waals surface area contributed by atoms with Crippen LogP contribution in [0.15, 0.2) is 145 Å². The molecule has 1 unspecified atom stereocenters. The Morgan fingerprint density at radius 2 is 1.40 bits per heavy atom. The zero-order valence-corrected chi connectivity index (χ0v) is 28.4. The molecule has 2 aromatic heterocycles. The van der Waals surface area contributed by atoms with Crippen LogP contribution >= 0.6 is 0 Å². The number of aromatic nitrogens is 2. The summed E-state index contributed by atoms with van der Waals surface area (Å²) in [5, 5.41) is 6.52. The van der Waals surface area contributed by atoms with Crippen LogP contribution in [0.3, 0.4) is 0 Å². The van der Waals surface area contributed by atoms with Crippen LogP contribution < -0.4 is 5.32 Å². The monoisotopic (exact) mass is 647 g/mol. The molecule has 4 aliphatic carbocycles. The normalized spacial score (nSPS) is 19.7. The summed E-state index contributed by atoms with van der Waals surface area (Å²) in [5.41, 5.74) is 16.2. The van der Waals surface area contributed by atoms with Crippen LogP contribution in [0.5, 0.6) is 0 Å². The molecular weight excluding hydrogens is 607 g/mol. The Kier molecular flexibility index (Phi) is 7.11. The maximum atomic E-state index is 3.95. The van der Waals surface area contributed by atoms with Crippen molar-refractivity contribution in [2.24, 2.45) is 0 Å². The molecule has 3 heteroatoms. The van der Waals surface area contributed by atoms with E-state index in [-0.39, 0.29) is 6.04 Å². The fourth-order valence-corrected chi connectivity index (χ4v) is 8.87. The van der Waals surface area contributed by atoms with E-state index in [1.54, 1.807) is 0 Å². The third-order valence-corrected chi connectivity index (χ3v) is 11.1. The predicted octanol–water partition coefficient (Wildman–Crippen LogP) is 11.5. The first-order valence-corrected chi connectivity index (χ1v) is 18.5. The van der Waals surface area contributed by atoms with Gasteiger partial charge in [-0.05, 0) is 116 Å². The van der Waals surface area contributed by atoms with Crippen molar-refractivity contribution in [3.8, 4) is 0 Å². The Hall–Kier alpha value is -5.54. The van der Waals surface area contributed by atoms with Crippen molar-refractivity contribution in [1.82, 2.24) is 14.5 Å². The topological polar surface area (TPSA) is 21.9 Å². The first-order chi connectivity index (χ1) is 24.8. The highest BCUT2D eigenvalue weighted by Gasteiger charge is 2.29. The van der Waals surface area contributed by atoms with E-state index in [4.69, 9.17) is 0 Å². The summed E-state index contributed by atoms with van der Waals surface area (Å²) in [6, 6.07) is 27.0. The summed E-state index contributed by atoms with van der Waals surface area (Å²) in [7, 11) is 0. The van der Waals surface area contributed by atoms with E-state index in [0.717, 1.165) is 57.2 Å². The van der Waals surface area contributed by atoms with E-state index in [1.165, 1.54) is 77.9 Å². The second-order valence-corrected chi connectivity index (χ2v) is 14.1. The zero-order valence-electron chi connectivity index (χ0n) is 28.4. The van der Waals surface area contributed by atoms with E-state index in [9.17, 15) is 0 Å². The van der Waals surface area contributed by atoms with Crippen LogP contribution in [-0.2, 0) is 12.8 Å². The summed E-state index contributed by atoms with van der Waals surface area (Å²) in [5.74, 6) is 1.11. The number of fused-ring (bicyclic) bond motifs is 6. The third kappa shape index (κ3) is 4.79. The maximum Gasteiger partial charge on any atom is 0.112 e. The molecule has 5 aliphatic rings. The molecule has 0 saturated heterocycles. The predicted molar refractivity (Wildman–Crippen MR) is 210 cm³/mol. The lowest BCUT2D eigenvalue weighted by Gasteiger charge is -2.27. The minimum Gasteiger partial charge on any atom is -0.361 e. The molecule has 0 amide bonds. The summed E-state index contributed by atoms with van der Waals surface area (Å²) in [6.07, 6.45) is 34.9. The summed E-state index contributed by atoms with van der Waals surface area (Å²) in [6.45, 7) is 0. The summed E-state index contributed by atoms with van der Waals surface area (Å²) < 4.78 is 5.07. The fourth-order valence-electron chi connectivity index (χ4n) is 8.87. The van der Waals surface area contributed by atoms with Crippen molar-refractivity contribution in [3.05, 3.63) is 178 Å². The quantitative estimate of drug-likeness (QED) is 0.201. The number of rotatable bonds is 5. The number of hydrogen-bond donors (Lipinski definition) is 1. The maximum absolute atomic E-state index is 3.95. The highest BCUT2D eigenvalue weighted by molar-refractivity contribution is 6.11. The van der Waals surface area contributed by atoms with Crippen LogP contribution in [0.1, 0.15) is 78.2 Å². The largest absolute Gasteiger partial charge is 0.361 e. The van der Waals surface area contributed by atoms with Gasteiger partial charge in [0.1, 0.15) is 5.82 Å². The van der Waals surface area contributed by atoms with Crippen LogP contribution in [-0.4, -0.2) is 9.13 Å². The van der Waals surface area contributed by atoms with Crippen LogP contribution in [0.25, 0.3) is 45.0 Å². The van der Waals surface area contributed by atoms with E-state index in [0.29, 0.717) is 0 Å². The molecule has 1 aliphatic heterocycles. The van der Waals surface area contributed by atoms with Gasteiger partial charge in [0, 0.05) is 39.0 Å². The number of allylic oxidation sites excluding steroid dienone is 12. The van der Waals surface area contributed by atoms with Crippen molar-refractivity contribution in [2.45, 2.75) is 57.4 Å². The molecule has 0 saturated carbocycles. The lowest BCUT2D eigenvalue weighted by molar-refractivity contribution is 0.730. The minimum atomic E-state index is 0.0705. The molecule has 3 nitrogen and oxygen atoms in total. The SMILES string of the molecule is C1=CC(C2=CC(c3ccccc3)NC(n3c4ccccc4c4cc(C5=CCCc6c5c5c(n6C6=CCCC=C6)CCC=C5)ccc43)=C2)=CCC1. The van der Waals surface area contributed by atoms with Crippen molar-refractivity contribution < 1.29 is 0 Å².